The molecule has 0 bridgehead atoms. The zero-order valence-corrected chi connectivity index (χ0v) is 10.3. The minimum Gasteiger partial charge on any atom is -0.506 e. The van der Waals surface area contributed by atoms with Crippen molar-refractivity contribution >= 4 is 17.2 Å². The van der Waals surface area contributed by atoms with Crippen LogP contribution in [0.25, 0.3) is 0 Å². The molecule has 2 N–H and O–H groups in total. The molecular formula is C11H11NO5S. The molecule has 2 rings (SSSR count). The predicted octanol–water partition coefficient (Wildman–Crippen LogP) is 0.869. The average Bonchev–Trinajstić information content (AvgIpc) is 2.64. The van der Waals surface area contributed by atoms with Gasteiger partial charge in [-0.1, -0.05) is 17.7 Å². The third kappa shape index (κ3) is 2.80. The predicted molar refractivity (Wildman–Crippen MR) is 63.7 cm³/mol. The van der Waals surface area contributed by atoms with Gasteiger partial charge in [0, 0.05) is 0 Å². The largest absolute Gasteiger partial charge is 0.506 e. The van der Waals surface area contributed by atoms with Gasteiger partial charge in [0.2, 0.25) is 0 Å². The standard InChI is InChI=1S/C11H11NO5S/c1-7-2-4-8(5-3-7)17-18(15)12-10-9(13)6-16-11(10)14/h2-5,12-13H,6H2,1H3. The number of benzene rings is 1. The van der Waals surface area contributed by atoms with E-state index in [2.05, 4.69) is 9.46 Å². The Hall–Kier alpha value is -2.02. The Bertz CT molecular complexity index is 523. The fraction of sp³-hybridized carbons (Fsp3) is 0.182. The van der Waals surface area contributed by atoms with Gasteiger partial charge in [-0.15, -0.1) is 0 Å². The minimum atomic E-state index is -1.98. The molecule has 1 aromatic rings. The van der Waals surface area contributed by atoms with Crippen LogP contribution in [0.15, 0.2) is 35.7 Å². The lowest BCUT2D eigenvalue weighted by atomic mass is 10.2. The van der Waals surface area contributed by atoms with Crippen molar-refractivity contribution in [3.63, 3.8) is 0 Å². The normalized spacial score (nSPS) is 16.4. The Labute approximate surface area is 106 Å². The summed E-state index contributed by atoms with van der Waals surface area (Å²) >= 11 is -1.98. The average molecular weight is 269 g/mol. The maximum atomic E-state index is 11.6. The third-order valence-electron chi connectivity index (χ3n) is 2.21. The van der Waals surface area contributed by atoms with Crippen molar-refractivity contribution in [2.75, 3.05) is 6.61 Å². The van der Waals surface area contributed by atoms with Crippen LogP contribution in [-0.4, -0.2) is 21.9 Å². The highest BCUT2D eigenvalue weighted by Crippen LogP contribution is 2.14. The second-order valence-corrected chi connectivity index (χ2v) is 4.47. The van der Waals surface area contributed by atoms with E-state index in [-0.39, 0.29) is 18.1 Å². The number of aliphatic hydroxyl groups excluding tert-OH is 1. The van der Waals surface area contributed by atoms with Gasteiger partial charge in [-0.05, 0) is 19.1 Å². The summed E-state index contributed by atoms with van der Waals surface area (Å²) in [4.78, 5) is 11.1. The summed E-state index contributed by atoms with van der Waals surface area (Å²) in [6.07, 6.45) is 0. The van der Waals surface area contributed by atoms with Gasteiger partial charge in [-0.2, -0.15) is 4.21 Å². The molecule has 0 radical (unpaired) electrons. The van der Waals surface area contributed by atoms with Crippen molar-refractivity contribution in [1.29, 1.82) is 0 Å². The zero-order valence-electron chi connectivity index (χ0n) is 9.50. The van der Waals surface area contributed by atoms with Gasteiger partial charge in [0.25, 0.3) is 0 Å². The number of carbonyl (C=O) groups excluding carboxylic acids is 1. The highest BCUT2D eigenvalue weighted by molar-refractivity contribution is 7.78. The molecule has 1 aliphatic heterocycles. The summed E-state index contributed by atoms with van der Waals surface area (Å²) in [6, 6.07) is 6.90. The van der Waals surface area contributed by atoms with E-state index in [1.165, 1.54) is 0 Å². The zero-order chi connectivity index (χ0) is 13.1. The molecule has 96 valence electrons. The molecule has 0 aromatic heterocycles. The van der Waals surface area contributed by atoms with Crippen LogP contribution in [0, 0.1) is 6.92 Å². The smallest absolute Gasteiger partial charge is 0.359 e. The molecule has 0 spiro atoms. The Morgan fingerprint density at radius 3 is 2.61 bits per heavy atom. The molecule has 0 saturated carbocycles. The number of ether oxygens (including phenoxy) is 1. The van der Waals surface area contributed by atoms with E-state index in [0.717, 1.165) is 5.56 Å². The topological polar surface area (TPSA) is 84.9 Å². The van der Waals surface area contributed by atoms with Gasteiger partial charge in [-0.3, -0.25) is 4.72 Å². The maximum Gasteiger partial charge on any atom is 0.359 e. The molecule has 1 unspecified atom stereocenters. The van der Waals surface area contributed by atoms with Crippen LogP contribution >= 0.6 is 0 Å². The number of carbonyl (C=O) groups is 1. The molecule has 1 heterocycles. The second-order valence-electron chi connectivity index (χ2n) is 3.63. The second kappa shape index (κ2) is 5.09. The number of cyclic esters (lactones) is 1. The Balaban J connectivity index is 1.99. The van der Waals surface area contributed by atoms with E-state index in [0.29, 0.717) is 5.75 Å². The third-order valence-corrected chi connectivity index (χ3v) is 2.93. The monoisotopic (exact) mass is 269 g/mol. The molecule has 1 aliphatic rings. The van der Waals surface area contributed by atoms with Gasteiger partial charge in [0.15, 0.2) is 18.1 Å². The van der Waals surface area contributed by atoms with E-state index in [1.807, 2.05) is 6.92 Å². The Kier molecular flexibility index (Phi) is 3.52. The van der Waals surface area contributed by atoms with Crippen molar-refractivity contribution in [2.45, 2.75) is 6.92 Å². The van der Waals surface area contributed by atoms with Crippen molar-refractivity contribution < 1.29 is 23.0 Å². The van der Waals surface area contributed by atoms with Crippen LogP contribution in [0.4, 0.5) is 0 Å². The highest BCUT2D eigenvalue weighted by Gasteiger charge is 2.26. The summed E-state index contributed by atoms with van der Waals surface area (Å²) in [6.45, 7) is 1.69. The first-order chi connectivity index (χ1) is 8.56. The van der Waals surface area contributed by atoms with E-state index >= 15 is 0 Å². The molecule has 0 saturated heterocycles. The first-order valence-corrected chi connectivity index (χ1v) is 6.16. The number of nitrogens with one attached hydrogen (secondary N) is 1. The molecule has 6 nitrogen and oxygen atoms in total. The Morgan fingerprint density at radius 1 is 1.39 bits per heavy atom. The fourth-order valence-corrected chi connectivity index (χ4v) is 1.98. The quantitative estimate of drug-likeness (QED) is 0.792. The van der Waals surface area contributed by atoms with Crippen LogP contribution in [0.2, 0.25) is 0 Å². The number of hydrogen-bond acceptors (Lipinski definition) is 5. The lowest BCUT2D eigenvalue weighted by molar-refractivity contribution is -0.136. The summed E-state index contributed by atoms with van der Waals surface area (Å²) in [7, 11) is 0. The lowest BCUT2D eigenvalue weighted by Gasteiger charge is -2.06. The van der Waals surface area contributed by atoms with Crippen LogP contribution in [0.1, 0.15) is 5.56 Å². The minimum absolute atomic E-state index is 0.219. The Morgan fingerprint density at radius 2 is 2.06 bits per heavy atom. The molecule has 1 aromatic carbocycles. The highest BCUT2D eigenvalue weighted by atomic mass is 32.2. The maximum absolute atomic E-state index is 11.6. The molecule has 7 heteroatoms. The van der Waals surface area contributed by atoms with Crippen LogP contribution in [0.5, 0.6) is 5.75 Å². The van der Waals surface area contributed by atoms with Crippen LogP contribution in [-0.2, 0) is 20.8 Å². The van der Waals surface area contributed by atoms with Gasteiger partial charge in [0.05, 0.1) is 0 Å². The van der Waals surface area contributed by atoms with Crippen molar-refractivity contribution in [2.24, 2.45) is 0 Å². The van der Waals surface area contributed by atoms with E-state index in [1.54, 1.807) is 24.3 Å². The lowest BCUT2D eigenvalue weighted by Crippen LogP contribution is -2.25. The summed E-state index contributed by atoms with van der Waals surface area (Å²) in [5, 5.41) is 9.29. The van der Waals surface area contributed by atoms with E-state index in [4.69, 9.17) is 4.18 Å². The van der Waals surface area contributed by atoms with Gasteiger partial charge in [-0.25, -0.2) is 4.79 Å². The number of esters is 1. The molecule has 18 heavy (non-hydrogen) atoms. The molecule has 0 aliphatic carbocycles. The van der Waals surface area contributed by atoms with Gasteiger partial charge >= 0.3 is 17.2 Å². The van der Waals surface area contributed by atoms with Crippen molar-refractivity contribution in [1.82, 2.24) is 4.72 Å². The molecular weight excluding hydrogens is 258 g/mol. The molecule has 0 fully saturated rings. The molecule has 1 atom stereocenters. The molecule has 0 amide bonds. The SMILES string of the molecule is Cc1ccc(OS(=O)NC2=C(O)COC2=O)cc1. The van der Waals surface area contributed by atoms with Crippen LogP contribution in [0.3, 0.4) is 0 Å². The summed E-state index contributed by atoms with van der Waals surface area (Å²) in [5.41, 5.74) is 0.807. The fourth-order valence-electron chi connectivity index (χ4n) is 1.28. The van der Waals surface area contributed by atoms with Crippen molar-refractivity contribution in [3.05, 3.63) is 41.3 Å². The van der Waals surface area contributed by atoms with Crippen LogP contribution < -0.4 is 8.91 Å². The number of aliphatic hydroxyl groups is 1. The summed E-state index contributed by atoms with van der Waals surface area (Å²) in [5.74, 6) is -0.660. The van der Waals surface area contributed by atoms with E-state index in [9.17, 15) is 14.1 Å². The van der Waals surface area contributed by atoms with Gasteiger partial charge < -0.3 is 14.0 Å². The first-order valence-electron chi connectivity index (χ1n) is 5.09. The number of aryl methyl sites for hydroxylation is 1. The number of rotatable bonds is 4. The van der Waals surface area contributed by atoms with Crippen molar-refractivity contribution in [3.8, 4) is 5.75 Å². The summed E-state index contributed by atoms with van der Waals surface area (Å²) < 4.78 is 23.4. The van der Waals surface area contributed by atoms with Gasteiger partial charge in [0.1, 0.15) is 5.75 Å². The first kappa shape index (κ1) is 12.4. The van der Waals surface area contributed by atoms with E-state index < -0.39 is 17.2 Å². The number of hydrogen-bond donors (Lipinski definition) is 2.